The largest absolute Gasteiger partial charge is 0.496 e. The molecule has 0 saturated carbocycles. The fourth-order valence-electron chi connectivity index (χ4n) is 1.89. The second-order valence-corrected chi connectivity index (χ2v) is 4.67. The normalized spacial score (nSPS) is 10.5. The van der Waals surface area contributed by atoms with Crippen LogP contribution in [0.4, 0.5) is 0 Å². The van der Waals surface area contributed by atoms with Crippen LogP contribution >= 0.6 is 15.9 Å². The molecule has 0 bridgehead atoms. The molecule has 0 saturated heterocycles. The molecule has 0 aliphatic carbocycles. The maximum Gasteiger partial charge on any atom is 0.222 e. The van der Waals surface area contributed by atoms with Crippen molar-refractivity contribution in [2.45, 2.75) is 6.42 Å². The first kappa shape index (κ1) is 11.9. The first-order valence-corrected chi connectivity index (χ1v) is 5.94. The van der Waals surface area contributed by atoms with E-state index in [1.807, 2.05) is 30.3 Å². The SMILES string of the molecule is COc1ccc2cc(Br)ccc2c1CC(N)=O. The van der Waals surface area contributed by atoms with E-state index in [4.69, 9.17) is 10.5 Å². The van der Waals surface area contributed by atoms with Crippen LogP contribution in [-0.4, -0.2) is 13.0 Å². The summed E-state index contributed by atoms with van der Waals surface area (Å²) in [6, 6.07) is 9.71. The van der Waals surface area contributed by atoms with Crippen molar-refractivity contribution >= 4 is 32.6 Å². The maximum absolute atomic E-state index is 11.1. The van der Waals surface area contributed by atoms with Gasteiger partial charge in [-0.1, -0.05) is 28.1 Å². The van der Waals surface area contributed by atoms with Crippen molar-refractivity contribution in [2.24, 2.45) is 5.73 Å². The van der Waals surface area contributed by atoms with Crippen LogP contribution in [0.25, 0.3) is 10.8 Å². The minimum Gasteiger partial charge on any atom is -0.496 e. The zero-order valence-corrected chi connectivity index (χ0v) is 11.0. The van der Waals surface area contributed by atoms with Crippen LogP contribution in [0.15, 0.2) is 34.8 Å². The second-order valence-electron chi connectivity index (χ2n) is 3.75. The Morgan fingerprint density at radius 3 is 2.76 bits per heavy atom. The van der Waals surface area contributed by atoms with E-state index < -0.39 is 0 Å². The number of primary amides is 1. The molecule has 0 radical (unpaired) electrons. The number of carbonyl (C=O) groups excluding carboxylic acids is 1. The number of carbonyl (C=O) groups is 1. The van der Waals surface area contributed by atoms with Gasteiger partial charge in [0, 0.05) is 10.0 Å². The summed E-state index contributed by atoms with van der Waals surface area (Å²) in [5, 5.41) is 2.04. The van der Waals surface area contributed by atoms with E-state index in [2.05, 4.69) is 15.9 Å². The molecule has 2 aromatic carbocycles. The summed E-state index contributed by atoms with van der Waals surface area (Å²) in [6.45, 7) is 0. The number of hydrogen-bond acceptors (Lipinski definition) is 2. The van der Waals surface area contributed by atoms with E-state index in [-0.39, 0.29) is 12.3 Å². The van der Waals surface area contributed by atoms with Crippen molar-refractivity contribution in [2.75, 3.05) is 7.11 Å². The van der Waals surface area contributed by atoms with Crippen LogP contribution in [0.1, 0.15) is 5.56 Å². The third kappa shape index (κ3) is 2.42. The van der Waals surface area contributed by atoms with Gasteiger partial charge in [-0.05, 0) is 29.0 Å². The van der Waals surface area contributed by atoms with Gasteiger partial charge in [0.15, 0.2) is 0 Å². The van der Waals surface area contributed by atoms with Gasteiger partial charge in [0.05, 0.1) is 13.5 Å². The lowest BCUT2D eigenvalue weighted by molar-refractivity contribution is -0.117. The molecular weight excluding hydrogens is 282 g/mol. The predicted molar refractivity (Wildman–Crippen MR) is 71.1 cm³/mol. The van der Waals surface area contributed by atoms with Gasteiger partial charge in [-0.15, -0.1) is 0 Å². The standard InChI is InChI=1S/C13H12BrNO2/c1-17-12-5-2-8-6-9(14)3-4-10(8)11(12)7-13(15)16/h2-6H,7H2,1H3,(H2,15,16). The van der Waals surface area contributed by atoms with E-state index in [9.17, 15) is 4.79 Å². The van der Waals surface area contributed by atoms with E-state index in [0.29, 0.717) is 5.75 Å². The van der Waals surface area contributed by atoms with E-state index in [1.54, 1.807) is 7.11 Å². The zero-order chi connectivity index (χ0) is 12.4. The average Bonchev–Trinajstić information content (AvgIpc) is 2.28. The zero-order valence-electron chi connectivity index (χ0n) is 9.37. The molecule has 2 aromatic rings. The first-order valence-electron chi connectivity index (χ1n) is 5.15. The molecule has 17 heavy (non-hydrogen) atoms. The Balaban J connectivity index is 2.69. The van der Waals surface area contributed by atoms with Gasteiger partial charge in [-0.3, -0.25) is 4.79 Å². The topological polar surface area (TPSA) is 52.3 Å². The van der Waals surface area contributed by atoms with Crippen molar-refractivity contribution in [1.29, 1.82) is 0 Å². The minimum absolute atomic E-state index is 0.183. The number of amides is 1. The fourth-order valence-corrected chi connectivity index (χ4v) is 2.27. The van der Waals surface area contributed by atoms with Crippen LogP contribution in [0.2, 0.25) is 0 Å². The van der Waals surface area contributed by atoms with Crippen LogP contribution in [-0.2, 0) is 11.2 Å². The van der Waals surface area contributed by atoms with Gasteiger partial charge in [0.2, 0.25) is 5.91 Å². The smallest absolute Gasteiger partial charge is 0.222 e. The third-order valence-electron chi connectivity index (χ3n) is 2.62. The van der Waals surface area contributed by atoms with Gasteiger partial charge < -0.3 is 10.5 Å². The number of fused-ring (bicyclic) bond motifs is 1. The maximum atomic E-state index is 11.1. The molecule has 2 N–H and O–H groups in total. The summed E-state index contributed by atoms with van der Waals surface area (Å²) in [5.41, 5.74) is 6.10. The lowest BCUT2D eigenvalue weighted by Crippen LogP contribution is -2.14. The quantitative estimate of drug-likeness (QED) is 0.946. The first-order chi connectivity index (χ1) is 8.11. The Morgan fingerprint density at radius 2 is 2.12 bits per heavy atom. The Morgan fingerprint density at radius 1 is 1.35 bits per heavy atom. The number of hydrogen-bond donors (Lipinski definition) is 1. The summed E-state index contributed by atoms with van der Waals surface area (Å²) in [4.78, 5) is 11.1. The highest BCUT2D eigenvalue weighted by Gasteiger charge is 2.10. The second kappa shape index (κ2) is 4.75. The molecule has 88 valence electrons. The molecule has 0 spiro atoms. The van der Waals surface area contributed by atoms with E-state index in [0.717, 1.165) is 20.8 Å². The Labute approximate surface area is 108 Å². The molecule has 0 aromatic heterocycles. The molecule has 4 heteroatoms. The van der Waals surface area contributed by atoms with E-state index in [1.165, 1.54) is 0 Å². The average molecular weight is 294 g/mol. The Hall–Kier alpha value is -1.55. The molecule has 0 atom stereocenters. The van der Waals surface area contributed by atoms with Crippen LogP contribution < -0.4 is 10.5 Å². The Bertz CT molecular complexity index is 581. The van der Waals surface area contributed by atoms with Gasteiger partial charge in [0.1, 0.15) is 5.75 Å². The fraction of sp³-hybridized carbons (Fsp3) is 0.154. The van der Waals surface area contributed by atoms with Crippen molar-refractivity contribution in [3.05, 3.63) is 40.4 Å². The number of nitrogens with two attached hydrogens (primary N) is 1. The summed E-state index contributed by atoms with van der Waals surface area (Å²) in [5.74, 6) is 0.331. The Kier molecular flexibility index (Phi) is 3.33. The summed E-state index contributed by atoms with van der Waals surface area (Å²) in [6.07, 6.45) is 0.183. The minimum atomic E-state index is -0.362. The van der Waals surface area contributed by atoms with Crippen molar-refractivity contribution in [3.63, 3.8) is 0 Å². The predicted octanol–water partition coefficient (Wildman–Crippen LogP) is 2.64. The molecule has 0 fully saturated rings. The van der Waals surface area contributed by atoms with Crippen molar-refractivity contribution in [3.8, 4) is 5.75 Å². The van der Waals surface area contributed by atoms with Crippen molar-refractivity contribution < 1.29 is 9.53 Å². The summed E-state index contributed by atoms with van der Waals surface area (Å²) < 4.78 is 6.27. The number of ether oxygens (including phenoxy) is 1. The summed E-state index contributed by atoms with van der Waals surface area (Å²) in [7, 11) is 1.59. The monoisotopic (exact) mass is 293 g/mol. The highest BCUT2D eigenvalue weighted by molar-refractivity contribution is 9.10. The molecule has 1 amide bonds. The van der Waals surface area contributed by atoms with Gasteiger partial charge in [-0.2, -0.15) is 0 Å². The highest BCUT2D eigenvalue weighted by atomic mass is 79.9. The van der Waals surface area contributed by atoms with Crippen LogP contribution in [0, 0.1) is 0 Å². The molecule has 3 nitrogen and oxygen atoms in total. The molecular formula is C13H12BrNO2. The number of benzene rings is 2. The third-order valence-corrected chi connectivity index (χ3v) is 3.11. The number of halogens is 1. The van der Waals surface area contributed by atoms with E-state index >= 15 is 0 Å². The molecule has 0 aliphatic heterocycles. The van der Waals surface area contributed by atoms with Gasteiger partial charge in [-0.25, -0.2) is 0 Å². The lowest BCUT2D eigenvalue weighted by atomic mass is 10.0. The molecule has 0 heterocycles. The summed E-state index contributed by atoms with van der Waals surface area (Å²) >= 11 is 3.42. The van der Waals surface area contributed by atoms with Crippen molar-refractivity contribution in [1.82, 2.24) is 0 Å². The molecule has 0 aliphatic rings. The highest BCUT2D eigenvalue weighted by Crippen LogP contribution is 2.30. The van der Waals surface area contributed by atoms with Gasteiger partial charge in [0.25, 0.3) is 0 Å². The molecule has 2 rings (SSSR count). The van der Waals surface area contributed by atoms with Gasteiger partial charge >= 0.3 is 0 Å². The van der Waals surface area contributed by atoms with Crippen LogP contribution in [0.3, 0.4) is 0 Å². The number of methoxy groups -OCH3 is 1. The van der Waals surface area contributed by atoms with Crippen LogP contribution in [0.5, 0.6) is 5.75 Å². The lowest BCUT2D eigenvalue weighted by Gasteiger charge is -2.11. The number of rotatable bonds is 3. The molecule has 0 unspecified atom stereocenters.